The molecule has 160 valence electrons. The Morgan fingerprint density at radius 1 is 0.871 bits per heavy atom. The van der Waals surface area contributed by atoms with E-state index in [1.54, 1.807) is 31.2 Å². The molecule has 5 heteroatoms. The highest BCUT2D eigenvalue weighted by atomic mass is 16.5. The standard InChI is InChI=1S/C26H27NO4/c1-18-9-10-22(15-19(18)2)16-25(28)31-20(3)26(29)27-23-11-13-24(14-12-23)30-17-21-7-5-4-6-8-21/h4-15,20H,16-17H2,1-3H3,(H,27,29)/t20-/m0/s1. The number of aryl methyl sites for hydroxylation is 2. The number of rotatable bonds is 8. The summed E-state index contributed by atoms with van der Waals surface area (Å²) in [6.07, 6.45) is -0.764. The van der Waals surface area contributed by atoms with Gasteiger partial charge in [0.15, 0.2) is 6.10 Å². The van der Waals surface area contributed by atoms with Gasteiger partial charge in [-0.1, -0.05) is 48.5 Å². The Hall–Kier alpha value is -3.60. The van der Waals surface area contributed by atoms with Crippen molar-refractivity contribution >= 4 is 17.6 Å². The highest BCUT2D eigenvalue weighted by molar-refractivity contribution is 5.95. The van der Waals surface area contributed by atoms with Gasteiger partial charge < -0.3 is 14.8 Å². The van der Waals surface area contributed by atoms with E-state index in [1.807, 2.05) is 62.4 Å². The Balaban J connectivity index is 1.47. The first kappa shape index (κ1) is 22.1. The number of carbonyl (C=O) groups excluding carboxylic acids is 2. The molecule has 1 atom stereocenters. The van der Waals surface area contributed by atoms with Gasteiger partial charge in [0, 0.05) is 5.69 Å². The van der Waals surface area contributed by atoms with Crippen molar-refractivity contribution in [3.05, 3.63) is 95.1 Å². The molecule has 0 heterocycles. The molecule has 0 bridgehead atoms. The van der Waals surface area contributed by atoms with Crippen LogP contribution in [0.1, 0.15) is 29.2 Å². The lowest BCUT2D eigenvalue weighted by molar-refractivity contribution is -0.152. The monoisotopic (exact) mass is 417 g/mol. The zero-order valence-electron chi connectivity index (χ0n) is 18.1. The average molecular weight is 418 g/mol. The Bertz CT molecular complexity index is 1030. The largest absolute Gasteiger partial charge is 0.489 e. The molecule has 3 aromatic rings. The second-order valence-corrected chi connectivity index (χ2v) is 7.52. The molecule has 0 aromatic heterocycles. The van der Waals surface area contributed by atoms with E-state index in [9.17, 15) is 9.59 Å². The van der Waals surface area contributed by atoms with E-state index in [4.69, 9.17) is 9.47 Å². The summed E-state index contributed by atoms with van der Waals surface area (Å²) in [5, 5.41) is 2.76. The highest BCUT2D eigenvalue weighted by Gasteiger charge is 2.18. The molecule has 3 rings (SSSR count). The smallest absolute Gasteiger partial charge is 0.311 e. The molecule has 0 saturated carbocycles. The second kappa shape index (κ2) is 10.4. The van der Waals surface area contributed by atoms with Gasteiger partial charge in [-0.2, -0.15) is 0 Å². The Morgan fingerprint density at radius 2 is 1.58 bits per heavy atom. The van der Waals surface area contributed by atoms with Crippen molar-refractivity contribution in [3.63, 3.8) is 0 Å². The Labute approximate surface area is 183 Å². The average Bonchev–Trinajstić information content (AvgIpc) is 2.76. The van der Waals surface area contributed by atoms with Crippen LogP contribution in [0.5, 0.6) is 5.75 Å². The van der Waals surface area contributed by atoms with Gasteiger partial charge in [0.2, 0.25) is 0 Å². The molecule has 0 spiro atoms. The minimum atomic E-state index is -0.895. The van der Waals surface area contributed by atoms with E-state index in [2.05, 4.69) is 5.32 Å². The first-order chi connectivity index (χ1) is 14.9. The Morgan fingerprint density at radius 3 is 2.26 bits per heavy atom. The minimum Gasteiger partial charge on any atom is -0.489 e. The van der Waals surface area contributed by atoms with Crippen LogP contribution in [0.3, 0.4) is 0 Å². The van der Waals surface area contributed by atoms with Gasteiger partial charge in [-0.25, -0.2) is 0 Å². The zero-order valence-corrected chi connectivity index (χ0v) is 18.1. The van der Waals surface area contributed by atoms with Crippen molar-refractivity contribution in [3.8, 4) is 5.75 Å². The normalized spacial score (nSPS) is 11.5. The molecule has 0 saturated heterocycles. The molecular formula is C26H27NO4. The number of amides is 1. The lowest BCUT2D eigenvalue weighted by atomic mass is 10.0. The van der Waals surface area contributed by atoms with Gasteiger partial charge in [-0.3, -0.25) is 9.59 Å². The van der Waals surface area contributed by atoms with Crippen molar-refractivity contribution in [2.24, 2.45) is 0 Å². The molecule has 1 amide bonds. The Kier molecular flexibility index (Phi) is 7.44. The summed E-state index contributed by atoms with van der Waals surface area (Å²) in [6, 6.07) is 22.8. The van der Waals surface area contributed by atoms with Crippen LogP contribution in [0.2, 0.25) is 0 Å². The predicted molar refractivity (Wildman–Crippen MR) is 121 cm³/mol. The van der Waals surface area contributed by atoms with Gasteiger partial charge in [0.25, 0.3) is 5.91 Å². The first-order valence-corrected chi connectivity index (χ1v) is 10.2. The maximum Gasteiger partial charge on any atom is 0.311 e. The summed E-state index contributed by atoms with van der Waals surface area (Å²) < 4.78 is 11.0. The third-order valence-electron chi connectivity index (χ3n) is 4.97. The number of benzene rings is 3. The number of esters is 1. The fraction of sp³-hybridized carbons (Fsp3) is 0.231. The van der Waals surface area contributed by atoms with Crippen molar-refractivity contribution in [1.29, 1.82) is 0 Å². The molecule has 0 unspecified atom stereocenters. The van der Waals surface area contributed by atoms with E-state index >= 15 is 0 Å². The summed E-state index contributed by atoms with van der Waals surface area (Å²) >= 11 is 0. The third-order valence-corrected chi connectivity index (χ3v) is 4.97. The third kappa shape index (κ3) is 6.71. The van der Waals surface area contributed by atoms with Crippen LogP contribution in [-0.4, -0.2) is 18.0 Å². The number of nitrogens with one attached hydrogen (secondary N) is 1. The van der Waals surface area contributed by atoms with Crippen LogP contribution >= 0.6 is 0 Å². The van der Waals surface area contributed by atoms with Crippen molar-refractivity contribution in [2.75, 3.05) is 5.32 Å². The van der Waals surface area contributed by atoms with E-state index in [1.165, 1.54) is 5.56 Å². The number of hydrogen-bond acceptors (Lipinski definition) is 4. The molecule has 0 radical (unpaired) electrons. The summed E-state index contributed by atoms with van der Waals surface area (Å²) in [7, 11) is 0. The van der Waals surface area contributed by atoms with Gasteiger partial charge >= 0.3 is 5.97 Å². The lowest BCUT2D eigenvalue weighted by Crippen LogP contribution is -2.30. The number of carbonyl (C=O) groups is 2. The summed E-state index contributed by atoms with van der Waals surface area (Å²) in [6.45, 7) is 6.05. The maximum absolute atomic E-state index is 12.4. The van der Waals surface area contributed by atoms with Crippen LogP contribution in [0, 0.1) is 13.8 Å². The van der Waals surface area contributed by atoms with E-state index in [-0.39, 0.29) is 12.3 Å². The highest BCUT2D eigenvalue weighted by Crippen LogP contribution is 2.18. The number of anilines is 1. The van der Waals surface area contributed by atoms with Crippen LogP contribution in [-0.2, 0) is 27.4 Å². The maximum atomic E-state index is 12.4. The zero-order chi connectivity index (χ0) is 22.2. The van der Waals surface area contributed by atoms with E-state index < -0.39 is 12.1 Å². The molecule has 31 heavy (non-hydrogen) atoms. The second-order valence-electron chi connectivity index (χ2n) is 7.52. The molecule has 3 aromatic carbocycles. The summed E-state index contributed by atoms with van der Waals surface area (Å²) in [5.74, 6) is -0.114. The quantitative estimate of drug-likeness (QED) is 0.524. The van der Waals surface area contributed by atoms with Crippen LogP contribution in [0.25, 0.3) is 0 Å². The fourth-order valence-corrected chi connectivity index (χ4v) is 2.99. The van der Waals surface area contributed by atoms with Crippen LogP contribution < -0.4 is 10.1 Å². The molecule has 1 N–H and O–H groups in total. The van der Waals surface area contributed by atoms with E-state index in [0.29, 0.717) is 18.0 Å². The summed E-state index contributed by atoms with van der Waals surface area (Å²) in [5.41, 5.74) is 4.84. The van der Waals surface area contributed by atoms with Crippen molar-refractivity contribution in [2.45, 2.75) is 39.9 Å². The first-order valence-electron chi connectivity index (χ1n) is 10.2. The topological polar surface area (TPSA) is 64.6 Å². The van der Waals surface area contributed by atoms with Crippen LogP contribution in [0.15, 0.2) is 72.8 Å². The van der Waals surface area contributed by atoms with Gasteiger partial charge in [0.05, 0.1) is 6.42 Å². The molecular weight excluding hydrogens is 390 g/mol. The fourth-order valence-electron chi connectivity index (χ4n) is 2.99. The minimum absolute atomic E-state index is 0.131. The summed E-state index contributed by atoms with van der Waals surface area (Å²) in [4.78, 5) is 24.6. The molecule has 0 aliphatic heterocycles. The van der Waals surface area contributed by atoms with Gasteiger partial charge in [0.1, 0.15) is 12.4 Å². The van der Waals surface area contributed by atoms with E-state index in [0.717, 1.165) is 16.7 Å². The van der Waals surface area contributed by atoms with Crippen LogP contribution in [0.4, 0.5) is 5.69 Å². The van der Waals surface area contributed by atoms with Crippen molar-refractivity contribution < 1.29 is 19.1 Å². The molecule has 0 aliphatic carbocycles. The van der Waals surface area contributed by atoms with Gasteiger partial charge in [-0.15, -0.1) is 0 Å². The van der Waals surface area contributed by atoms with Crippen molar-refractivity contribution in [1.82, 2.24) is 0 Å². The number of hydrogen-bond donors (Lipinski definition) is 1. The SMILES string of the molecule is Cc1ccc(CC(=O)O[C@@H](C)C(=O)Nc2ccc(OCc3ccccc3)cc2)cc1C. The molecule has 0 aliphatic rings. The number of ether oxygens (including phenoxy) is 2. The molecule has 0 fully saturated rings. The lowest BCUT2D eigenvalue weighted by Gasteiger charge is -2.14. The molecule has 5 nitrogen and oxygen atoms in total. The van der Waals surface area contributed by atoms with Gasteiger partial charge in [-0.05, 0) is 67.3 Å². The predicted octanol–water partition coefficient (Wildman–Crippen LogP) is 5.00.